The van der Waals surface area contributed by atoms with Crippen LogP contribution in [0.1, 0.15) is 22.6 Å². The molecule has 3 rings (SSSR count). The van der Waals surface area contributed by atoms with Crippen molar-refractivity contribution in [3.05, 3.63) is 100 Å². The monoisotopic (exact) mass is 479 g/mol. The molecular weight excluding hydrogens is 454 g/mol. The van der Waals surface area contributed by atoms with Gasteiger partial charge in [-0.15, -0.1) is 0 Å². The predicted octanol–water partition coefficient (Wildman–Crippen LogP) is 1.01. The Labute approximate surface area is 200 Å². The van der Waals surface area contributed by atoms with Gasteiger partial charge < -0.3 is 26.9 Å². The van der Waals surface area contributed by atoms with Crippen LogP contribution in [0.5, 0.6) is 0 Å². The standard InChI is InChI=1S/C23H21N5O3.CH2O2.H2O/c24-21(25)17-9-11-18(12-10-17)27-23(30)20(16-6-2-1-3-7-16)22(29)26-14-15-5-4-8-19(13-15)28-31;2-1-3;/h1-13,20H,14H2,(H3,24,25)(H,26,29)(H,27,30);1H,(H,2,3);1H2. The summed E-state index contributed by atoms with van der Waals surface area (Å²) in [4.78, 5) is 45.1. The number of carbonyl (C=O) groups is 3. The van der Waals surface area contributed by atoms with Crippen molar-refractivity contribution >= 4 is 35.5 Å². The Kier molecular flexibility index (Phi) is 11.5. The molecule has 8 N–H and O–H groups in total. The highest BCUT2D eigenvalue weighted by molar-refractivity contribution is 6.11. The highest BCUT2D eigenvalue weighted by atomic mass is 16.3. The van der Waals surface area contributed by atoms with E-state index in [9.17, 15) is 14.5 Å². The SMILES string of the molecule is N=C(N)c1ccc(NC(=O)C(C(=O)NCc2cccc([NH+]=O)c2)c2ccccc2)cc1.O=CO.[OH-]. The summed E-state index contributed by atoms with van der Waals surface area (Å²) in [5, 5.41) is 21.7. The van der Waals surface area contributed by atoms with Gasteiger partial charge in [0.1, 0.15) is 11.8 Å². The van der Waals surface area contributed by atoms with E-state index in [0.717, 1.165) is 5.56 Å². The second-order valence-electron chi connectivity index (χ2n) is 6.95. The molecule has 1 unspecified atom stereocenters. The Morgan fingerprint density at radius 1 is 1.00 bits per heavy atom. The number of hydrogen-bond donors (Lipinski definition) is 6. The van der Waals surface area contributed by atoms with Crippen LogP contribution < -0.4 is 21.5 Å². The summed E-state index contributed by atoms with van der Waals surface area (Å²) in [5.41, 5.74) is 8.13. The van der Waals surface area contributed by atoms with Crippen LogP contribution in [0.15, 0.2) is 78.9 Å². The fourth-order valence-corrected chi connectivity index (χ4v) is 3.05. The van der Waals surface area contributed by atoms with Crippen LogP contribution in [-0.2, 0) is 20.9 Å². The van der Waals surface area contributed by atoms with Gasteiger partial charge in [-0.2, -0.15) is 0 Å². The van der Waals surface area contributed by atoms with E-state index in [1.807, 2.05) is 5.18 Å². The molecule has 0 radical (unpaired) electrons. The summed E-state index contributed by atoms with van der Waals surface area (Å²) < 4.78 is 0. The smallest absolute Gasteiger partial charge is 0.290 e. The second kappa shape index (κ2) is 14.3. The summed E-state index contributed by atoms with van der Waals surface area (Å²) in [6.45, 7) is -0.0850. The Balaban J connectivity index is 0.00000145. The number of nitrogen functional groups attached to an aromatic ring is 1. The van der Waals surface area contributed by atoms with Gasteiger partial charge in [-0.3, -0.25) is 19.8 Å². The maximum Gasteiger partial charge on any atom is 0.290 e. The van der Waals surface area contributed by atoms with Gasteiger partial charge >= 0.3 is 0 Å². The van der Waals surface area contributed by atoms with Crippen molar-refractivity contribution in [2.24, 2.45) is 5.73 Å². The zero-order chi connectivity index (χ0) is 24.9. The zero-order valence-electron chi connectivity index (χ0n) is 18.5. The quantitative estimate of drug-likeness (QED) is 0.119. The molecule has 0 aliphatic heterocycles. The van der Waals surface area contributed by atoms with E-state index in [1.54, 1.807) is 78.9 Å². The number of nitrogens with one attached hydrogen (secondary N) is 4. The maximum absolute atomic E-state index is 13.0. The average Bonchev–Trinajstić information content (AvgIpc) is 2.84. The number of nitrogens with two attached hydrogens (primary N) is 1. The zero-order valence-corrected chi connectivity index (χ0v) is 18.5. The van der Waals surface area contributed by atoms with E-state index < -0.39 is 17.7 Å². The third-order valence-electron chi connectivity index (χ3n) is 4.63. The van der Waals surface area contributed by atoms with E-state index in [-0.39, 0.29) is 24.3 Å². The number of anilines is 1. The largest absolute Gasteiger partial charge is 0.870 e. The molecule has 35 heavy (non-hydrogen) atoms. The van der Waals surface area contributed by atoms with Crippen molar-refractivity contribution in [1.29, 1.82) is 5.41 Å². The lowest BCUT2D eigenvalue weighted by Crippen LogP contribution is -2.55. The molecule has 182 valence electrons. The van der Waals surface area contributed by atoms with Crippen LogP contribution in [0.4, 0.5) is 11.4 Å². The number of hydrogen-bond acceptors (Lipinski definition) is 6. The molecular formula is C24H25N5O6. The minimum absolute atomic E-state index is 0. The van der Waals surface area contributed by atoms with Crippen molar-refractivity contribution in [1.82, 2.24) is 5.32 Å². The molecule has 11 nitrogen and oxygen atoms in total. The molecule has 3 aromatic rings. The van der Waals surface area contributed by atoms with Crippen LogP contribution in [-0.4, -0.2) is 34.7 Å². The van der Waals surface area contributed by atoms with Crippen LogP contribution >= 0.6 is 0 Å². The molecule has 3 aromatic carbocycles. The molecule has 1 atom stereocenters. The number of carboxylic acid groups (broad SMARTS) is 1. The Bertz CT molecular complexity index is 1150. The van der Waals surface area contributed by atoms with Crippen LogP contribution in [0.2, 0.25) is 0 Å². The molecule has 0 aromatic heterocycles. The summed E-state index contributed by atoms with van der Waals surface area (Å²) in [6, 6.07) is 21.9. The topological polar surface area (TPSA) is 206 Å². The Morgan fingerprint density at radius 2 is 1.63 bits per heavy atom. The highest BCUT2D eigenvalue weighted by Crippen LogP contribution is 2.20. The van der Waals surface area contributed by atoms with E-state index in [0.29, 0.717) is 22.5 Å². The molecule has 0 saturated heterocycles. The molecule has 0 fully saturated rings. The summed E-state index contributed by atoms with van der Waals surface area (Å²) in [5.74, 6) is -2.11. The molecule has 0 aliphatic rings. The molecule has 0 heterocycles. The van der Waals surface area contributed by atoms with E-state index in [1.165, 1.54) is 0 Å². The fourth-order valence-electron chi connectivity index (χ4n) is 3.05. The van der Waals surface area contributed by atoms with Gasteiger partial charge in [0.25, 0.3) is 12.2 Å². The lowest BCUT2D eigenvalue weighted by Gasteiger charge is -2.17. The van der Waals surface area contributed by atoms with Crippen molar-refractivity contribution < 1.29 is 30.1 Å². The lowest BCUT2D eigenvalue weighted by molar-refractivity contribution is -0.379. The molecule has 0 spiro atoms. The first-order chi connectivity index (χ1) is 16.4. The first-order valence-electron chi connectivity index (χ1n) is 10.0. The summed E-state index contributed by atoms with van der Waals surface area (Å²) in [6.07, 6.45) is 0. The van der Waals surface area contributed by atoms with E-state index >= 15 is 0 Å². The third-order valence-corrected chi connectivity index (χ3v) is 4.63. The number of rotatable bonds is 8. The van der Waals surface area contributed by atoms with Crippen molar-refractivity contribution in [2.45, 2.75) is 12.5 Å². The van der Waals surface area contributed by atoms with Crippen molar-refractivity contribution in [2.75, 3.05) is 5.32 Å². The lowest BCUT2D eigenvalue weighted by atomic mass is 9.97. The first kappa shape index (κ1) is 28.1. The van der Waals surface area contributed by atoms with E-state index in [2.05, 4.69) is 10.6 Å². The second-order valence-corrected chi connectivity index (χ2v) is 6.95. The van der Waals surface area contributed by atoms with Crippen molar-refractivity contribution in [3.8, 4) is 0 Å². The van der Waals surface area contributed by atoms with E-state index in [4.69, 9.17) is 21.0 Å². The normalized spacial score (nSPS) is 10.3. The Morgan fingerprint density at radius 3 is 2.20 bits per heavy atom. The van der Waals surface area contributed by atoms with Gasteiger partial charge in [0.2, 0.25) is 11.8 Å². The number of carbonyl (C=O) groups excluding carboxylic acids is 2. The molecule has 0 bridgehead atoms. The minimum atomic E-state index is -1.07. The number of benzene rings is 3. The predicted molar refractivity (Wildman–Crippen MR) is 128 cm³/mol. The van der Waals surface area contributed by atoms with Gasteiger partial charge in [0.15, 0.2) is 0 Å². The first-order valence-corrected chi connectivity index (χ1v) is 10.0. The average molecular weight is 479 g/mol. The fraction of sp³-hybridized carbons (Fsp3) is 0.0833. The van der Waals surface area contributed by atoms with Crippen molar-refractivity contribution in [3.63, 3.8) is 0 Å². The third kappa shape index (κ3) is 8.51. The molecule has 2 amide bonds. The number of amides is 2. The number of nitroso groups, excluding NO2 is 1. The molecule has 11 heteroatoms. The van der Waals surface area contributed by atoms with Gasteiger partial charge in [-0.1, -0.05) is 42.5 Å². The summed E-state index contributed by atoms with van der Waals surface area (Å²) in [7, 11) is 0. The maximum atomic E-state index is 13.0. The Hall–Kier alpha value is -4.90. The van der Waals surface area contributed by atoms with Crippen LogP contribution in [0.25, 0.3) is 0 Å². The number of amidine groups is 1. The molecule has 0 aliphatic carbocycles. The van der Waals surface area contributed by atoms with Gasteiger partial charge in [-0.25, -0.2) is 0 Å². The van der Waals surface area contributed by atoms with Gasteiger partial charge in [-0.05, 0) is 35.4 Å². The van der Waals surface area contributed by atoms with Gasteiger partial charge in [0.05, 0.1) is 0 Å². The molecule has 0 saturated carbocycles. The summed E-state index contributed by atoms with van der Waals surface area (Å²) >= 11 is 0. The highest BCUT2D eigenvalue weighted by Gasteiger charge is 2.28. The van der Waals surface area contributed by atoms with Gasteiger partial charge in [0, 0.05) is 40.0 Å². The van der Waals surface area contributed by atoms with Crippen LogP contribution in [0.3, 0.4) is 0 Å². The minimum Gasteiger partial charge on any atom is -0.870 e. The van der Waals surface area contributed by atoms with Crippen LogP contribution in [0, 0.1) is 10.3 Å².